The van der Waals surface area contributed by atoms with Crippen molar-refractivity contribution in [2.45, 2.75) is 26.9 Å². The highest BCUT2D eigenvalue weighted by Gasteiger charge is 2.12. The van der Waals surface area contributed by atoms with Crippen molar-refractivity contribution < 1.29 is 9.53 Å². The van der Waals surface area contributed by atoms with E-state index in [1.165, 1.54) is 24.3 Å². The lowest BCUT2D eigenvalue weighted by Crippen LogP contribution is -2.13. The predicted molar refractivity (Wildman–Crippen MR) is 65.3 cm³/mol. The summed E-state index contributed by atoms with van der Waals surface area (Å²) < 4.78 is 7.93. The first-order chi connectivity index (χ1) is 9.10. The van der Waals surface area contributed by atoms with Crippen molar-refractivity contribution in [1.29, 1.82) is 0 Å². The molecule has 8 nitrogen and oxygen atoms in total. The molecule has 0 spiro atoms. The maximum absolute atomic E-state index is 11.3. The Kier molecular flexibility index (Phi) is 3.88. The van der Waals surface area contributed by atoms with Crippen molar-refractivity contribution in [1.82, 2.24) is 29.8 Å². The molecule has 2 aromatic heterocycles. The predicted octanol–water partition coefficient (Wildman–Crippen LogP) is 0.360. The zero-order valence-corrected chi connectivity index (χ0v) is 11.1. The molecule has 2 aromatic rings. The number of methoxy groups -OCH3 is 1. The molecule has 0 aliphatic rings. The first-order valence-electron chi connectivity index (χ1n) is 5.95. The van der Waals surface area contributed by atoms with Crippen LogP contribution in [0.15, 0.2) is 12.5 Å². The van der Waals surface area contributed by atoms with Gasteiger partial charge < -0.3 is 4.74 Å². The van der Waals surface area contributed by atoms with Gasteiger partial charge in [0.05, 0.1) is 13.3 Å². The first kappa shape index (κ1) is 13.2. The summed E-state index contributed by atoms with van der Waals surface area (Å²) in [6.07, 6.45) is 3.04. The minimum absolute atomic E-state index is 0.178. The Balaban J connectivity index is 2.11. The standard InChI is InChI=1S/C11H16N6O2/c1-8(2)4-17-10(12-7-13-17)6-16-5-9(14-15-16)11(18)19-3/h5,7-8H,4,6H2,1-3H3. The fourth-order valence-corrected chi connectivity index (χ4v) is 1.63. The van der Waals surface area contributed by atoms with Gasteiger partial charge >= 0.3 is 5.97 Å². The van der Waals surface area contributed by atoms with Gasteiger partial charge in [-0.1, -0.05) is 19.1 Å². The zero-order chi connectivity index (χ0) is 13.8. The second-order valence-electron chi connectivity index (χ2n) is 4.55. The monoisotopic (exact) mass is 264 g/mol. The summed E-state index contributed by atoms with van der Waals surface area (Å²) in [5, 5.41) is 11.8. The Hall–Kier alpha value is -2.25. The van der Waals surface area contributed by atoms with Crippen LogP contribution in [-0.4, -0.2) is 42.8 Å². The van der Waals surface area contributed by atoms with E-state index in [0.717, 1.165) is 12.4 Å². The van der Waals surface area contributed by atoms with E-state index in [9.17, 15) is 4.79 Å². The number of carbonyl (C=O) groups excluding carboxylic acids is 1. The molecule has 2 heterocycles. The summed E-state index contributed by atoms with van der Waals surface area (Å²) in [4.78, 5) is 15.5. The van der Waals surface area contributed by atoms with Gasteiger partial charge in [-0.15, -0.1) is 5.10 Å². The lowest BCUT2D eigenvalue weighted by Gasteiger charge is -2.07. The van der Waals surface area contributed by atoms with E-state index in [4.69, 9.17) is 0 Å². The van der Waals surface area contributed by atoms with Crippen molar-refractivity contribution in [3.05, 3.63) is 24.0 Å². The number of hydrogen-bond donors (Lipinski definition) is 0. The number of esters is 1. The highest BCUT2D eigenvalue weighted by Crippen LogP contribution is 2.04. The fraction of sp³-hybridized carbons (Fsp3) is 0.545. The second kappa shape index (κ2) is 5.59. The minimum Gasteiger partial charge on any atom is -0.464 e. The van der Waals surface area contributed by atoms with Crippen LogP contribution in [0.2, 0.25) is 0 Å². The lowest BCUT2D eigenvalue weighted by molar-refractivity contribution is 0.0594. The third kappa shape index (κ3) is 3.15. The van der Waals surface area contributed by atoms with E-state index in [2.05, 4.69) is 39.0 Å². The van der Waals surface area contributed by atoms with Gasteiger partial charge in [-0.25, -0.2) is 19.1 Å². The average molecular weight is 264 g/mol. The summed E-state index contributed by atoms with van der Waals surface area (Å²) in [5.41, 5.74) is 0.178. The molecule has 0 fully saturated rings. The van der Waals surface area contributed by atoms with Gasteiger partial charge in [-0.05, 0) is 5.92 Å². The summed E-state index contributed by atoms with van der Waals surface area (Å²) in [7, 11) is 1.31. The van der Waals surface area contributed by atoms with Crippen LogP contribution in [0.1, 0.15) is 30.2 Å². The van der Waals surface area contributed by atoms with E-state index >= 15 is 0 Å². The Morgan fingerprint density at radius 1 is 1.47 bits per heavy atom. The Morgan fingerprint density at radius 3 is 2.95 bits per heavy atom. The van der Waals surface area contributed by atoms with E-state index in [-0.39, 0.29) is 5.69 Å². The largest absolute Gasteiger partial charge is 0.464 e. The molecule has 0 aliphatic carbocycles. The van der Waals surface area contributed by atoms with Crippen LogP contribution in [0.5, 0.6) is 0 Å². The SMILES string of the molecule is COC(=O)c1cn(Cc2ncnn2CC(C)C)nn1. The third-order valence-corrected chi connectivity index (χ3v) is 2.47. The van der Waals surface area contributed by atoms with Crippen molar-refractivity contribution in [3.8, 4) is 0 Å². The van der Waals surface area contributed by atoms with Crippen LogP contribution in [0, 0.1) is 5.92 Å². The third-order valence-electron chi connectivity index (χ3n) is 2.47. The van der Waals surface area contributed by atoms with Crippen LogP contribution >= 0.6 is 0 Å². The van der Waals surface area contributed by atoms with Crippen molar-refractivity contribution in [2.24, 2.45) is 5.92 Å². The molecule has 2 rings (SSSR count). The molecule has 0 bridgehead atoms. The van der Waals surface area contributed by atoms with Crippen LogP contribution in [0.4, 0.5) is 0 Å². The molecule has 0 unspecified atom stereocenters. The number of aromatic nitrogens is 6. The molecule has 0 atom stereocenters. The fourth-order valence-electron chi connectivity index (χ4n) is 1.63. The van der Waals surface area contributed by atoms with Gasteiger partial charge in [0, 0.05) is 6.54 Å². The molecule has 0 amide bonds. The van der Waals surface area contributed by atoms with Gasteiger partial charge in [0.15, 0.2) is 5.69 Å². The maximum Gasteiger partial charge on any atom is 0.360 e. The Labute approximate surface area is 110 Å². The van der Waals surface area contributed by atoms with Gasteiger partial charge in [0.2, 0.25) is 0 Å². The number of nitrogens with zero attached hydrogens (tertiary/aromatic N) is 6. The maximum atomic E-state index is 11.3. The smallest absolute Gasteiger partial charge is 0.360 e. The minimum atomic E-state index is -0.505. The molecule has 102 valence electrons. The van der Waals surface area contributed by atoms with E-state index in [1.54, 1.807) is 0 Å². The summed E-state index contributed by atoms with van der Waals surface area (Å²) in [6.45, 7) is 5.41. The normalized spacial score (nSPS) is 10.9. The van der Waals surface area contributed by atoms with Crippen molar-refractivity contribution >= 4 is 5.97 Å². The second-order valence-corrected chi connectivity index (χ2v) is 4.55. The lowest BCUT2D eigenvalue weighted by atomic mass is 10.2. The number of hydrogen-bond acceptors (Lipinski definition) is 6. The molecule has 0 aliphatic heterocycles. The molecule has 0 saturated heterocycles. The van der Waals surface area contributed by atoms with Gasteiger partial charge in [-0.2, -0.15) is 5.10 Å². The highest BCUT2D eigenvalue weighted by atomic mass is 16.5. The molecule has 0 saturated carbocycles. The molecule has 0 aromatic carbocycles. The summed E-state index contributed by atoms with van der Waals surface area (Å²) in [5.74, 6) is 0.742. The Morgan fingerprint density at radius 2 is 2.26 bits per heavy atom. The van der Waals surface area contributed by atoms with Crippen LogP contribution in [0.3, 0.4) is 0 Å². The van der Waals surface area contributed by atoms with Crippen LogP contribution in [-0.2, 0) is 17.8 Å². The number of carbonyl (C=O) groups is 1. The topological polar surface area (TPSA) is 87.7 Å². The first-order valence-corrected chi connectivity index (χ1v) is 5.95. The van der Waals surface area contributed by atoms with Crippen molar-refractivity contribution in [3.63, 3.8) is 0 Å². The molecular formula is C11H16N6O2. The van der Waals surface area contributed by atoms with Gasteiger partial charge in [0.1, 0.15) is 18.7 Å². The molecule has 19 heavy (non-hydrogen) atoms. The van der Waals surface area contributed by atoms with Crippen LogP contribution < -0.4 is 0 Å². The molecule has 0 N–H and O–H groups in total. The zero-order valence-electron chi connectivity index (χ0n) is 11.1. The van der Waals surface area contributed by atoms with E-state index < -0.39 is 5.97 Å². The van der Waals surface area contributed by atoms with Crippen LogP contribution in [0.25, 0.3) is 0 Å². The molecule has 8 heteroatoms. The van der Waals surface area contributed by atoms with Gasteiger partial charge in [-0.3, -0.25) is 0 Å². The average Bonchev–Trinajstić information content (AvgIpc) is 2.99. The highest BCUT2D eigenvalue weighted by molar-refractivity contribution is 5.86. The molecule has 0 radical (unpaired) electrons. The molecular weight excluding hydrogens is 248 g/mol. The summed E-state index contributed by atoms with van der Waals surface area (Å²) >= 11 is 0. The Bertz CT molecular complexity index is 559. The van der Waals surface area contributed by atoms with E-state index in [0.29, 0.717) is 12.5 Å². The number of rotatable bonds is 5. The van der Waals surface area contributed by atoms with Crippen molar-refractivity contribution in [2.75, 3.05) is 7.11 Å². The van der Waals surface area contributed by atoms with E-state index in [1.807, 2.05) is 4.68 Å². The summed E-state index contributed by atoms with van der Waals surface area (Å²) in [6, 6.07) is 0. The number of ether oxygens (including phenoxy) is 1. The van der Waals surface area contributed by atoms with Gasteiger partial charge in [0.25, 0.3) is 0 Å². The quantitative estimate of drug-likeness (QED) is 0.724.